The minimum Gasteiger partial charge on any atom is -0.357 e. The van der Waals surface area contributed by atoms with Gasteiger partial charge in [-0.25, -0.2) is 4.98 Å². The van der Waals surface area contributed by atoms with Crippen LogP contribution in [-0.2, 0) is 4.79 Å². The normalized spacial score (nSPS) is 16.6. The van der Waals surface area contributed by atoms with Crippen LogP contribution in [0.15, 0.2) is 18.3 Å². The summed E-state index contributed by atoms with van der Waals surface area (Å²) in [5.74, 6) is 0.980. The monoisotopic (exact) mass is 290 g/mol. The van der Waals surface area contributed by atoms with Gasteiger partial charge in [-0.05, 0) is 44.7 Å². The largest absolute Gasteiger partial charge is 0.357 e. The highest BCUT2D eigenvalue weighted by atomic mass is 16.1. The number of anilines is 2. The molecule has 21 heavy (non-hydrogen) atoms. The molecule has 1 amide bonds. The number of aromatic nitrogens is 1. The van der Waals surface area contributed by atoms with Crippen LogP contribution in [0.2, 0.25) is 0 Å². The van der Waals surface area contributed by atoms with Crippen molar-refractivity contribution in [3.63, 3.8) is 0 Å². The summed E-state index contributed by atoms with van der Waals surface area (Å²) in [6, 6.07) is 4.27. The van der Waals surface area contributed by atoms with Crippen molar-refractivity contribution in [1.82, 2.24) is 10.3 Å². The second-order valence-electron chi connectivity index (χ2n) is 5.69. The molecule has 0 aromatic carbocycles. The molecular formula is C16H26N4O. The van der Waals surface area contributed by atoms with Crippen LogP contribution in [0, 0.1) is 0 Å². The van der Waals surface area contributed by atoms with E-state index >= 15 is 0 Å². The van der Waals surface area contributed by atoms with Crippen LogP contribution >= 0.6 is 0 Å². The highest BCUT2D eigenvalue weighted by Crippen LogP contribution is 2.18. The van der Waals surface area contributed by atoms with Crippen LogP contribution < -0.4 is 15.5 Å². The van der Waals surface area contributed by atoms with Gasteiger partial charge in [-0.15, -0.1) is 0 Å². The SMILES string of the molecule is CCC(C)NCC(=O)Nc1ccc(N2CCCCC2)nc1. The number of nitrogens with zero attached hydrogens (tertiary/aromatic N) is 2. The highest BCUT2D eigenvalue weighted by molar-refractivity contribution is 5.92. The average Bonchev–Trinajstić information content (AvgIpc) is 2.54. The standard InChI is InChI=1S/C16H26N4O/c1-3-13(2)17-12-16(21)19-14-7-8-15(18-11-14)20-9-5-4-6-10-20/h7-8,11,13,17H,3-6,9-10,12H2,1-2H3,(H,19,21). The summed E-state index contributed by atoms with van der Waals surface area (Å²) in [6.45, 7) is 6.67. The zero-order valence-electron chi connectivity index (χ0n) is 13.1. The summed E-state index contributed by atoms with van der Waals surface area (Å²) < 4.78 is 0. The van der Waals surface area contributed by atoms with Gasteiger partial charge in [0.1, 0.15) is 5.82 Å². The van der Waals surface area contributed by atoms with E-state index in [1.165, 1.54) is 19.3 Å². The van der Waals surface area contributed by atoms with Crippen LogP contribution in [0.1, 0.15) is 39.5 Å². The Morgan fingerprint density at radius 1 is 1.33 bits per heavy atom. The maximum absolute atomic E-state index is 11.8. The summed E-state index contributed by atoms with van der Waals surface area (Å²) in [4.78, 5) is 18.6. The first-order chi connectivity index (χ1) is 10.2. The Morgan fingerprint density at radius 2 is 2.10 bits per heavy atom. The number of piperidine rings is 1. The van der Waals surface area contributed by atoms with Gasteiger partial charge in [0.2, 0.25) is 5.91 Å². The molecule has 1 aliphatic heterocycles. The molecule has 2 rings (SSSR count). The molecule has 5 heteroatoms. The molecule has 116 valence electrons. The molecule has 0 aliphatic carbocycles. The van der Waals surface area contributed by atoms with Gasteiger partial charge >= 0.3 is 0 Å². The van der Waals surface area contributed by atoms with Crippen molar-refractivity contribution in [3.8, 4) is 0 Å². The predicted molar refractivity (Wildman–Crippen MR) is 86.7 cm³/mol. The van der Waals surface area contributed by atoms with Gasteiger partial charge in [-0.2, -0.15) is 0 Å². The lowest BCUT2D eigenvalue weighted by Crippen LogP contribution is -2.34. The maximum Gasteiger partial charge on any atom is 0.238 e. The van der Waals surface area contributed by atoms with Crippen LogP contribution in [0.25, 0.3) is 0 Å². The molecule has 1 atom stereocenters. The van der Waals surface area contributed by atoms with Crippen molar-refractivity contribution < 1.29 is 4.79 Å². The molecular weight excluding hydrogens is 264 g/mol. The van der Waals surface area contributed by atoms with Crippen molar-refractivity contribution in [2.24, 2.45) is 0 Å². The van der Waals surface area contributed by atoms with Crippen molar-refractivity contribution in [3.05, 3.63) is 18.3 Å². The Morgan fingerprint density at radius 3 is 2.71 bits per heavy atom. The lowest BCUT2D eigenvalue weighted by Gasteiger charge is -2.27. The maximum atomic E-state index is 11.8. The summed E-state index contributed by atoms with van der Waals surface area (Å²) in [5, 5.41) is 6.04. The number of amides is 1. The van der Waals surface area contributed by atoms with Crippen molar-refractivity contribution in [2.75, 3.05) is 29.9 Å². The van der Waals surface area contributed by atoms with Gasteiger partial charge in [0.15, 0.2) is 0 Å². The fourth-order valence-electron chi connectivity index (χ4n) is 2.39. The third-order valence-electron chi connectivity index (χ3n) is 3.94. The minimum atomic E-state index is -0.0252. The summed E-state index contributed by atoms with van der Waals surface area (Å²) in [6.07, 6.45) is 6.54. The van der Waals surface area contributed by atoms with Crippen LogP contribution in [0.3, 0.4) is 0 Å². The second-order valence-corrected chi connectivity index (χ2v) is 5.69. The van der Waals surface area contributed by atoms with E-state index in [1.807, 2.05) is 12.1 Å². The Bertz CT molecular complexity index is 440. The molecule has 5 nitrogen and oxygen atoms in total. The third kappa shape index (κ3) is 5.01. The number of hydrogen-bond acceptors (Lipinski definition) is 4. The van der Waals surface area contributed by atoms with E-state index < -0.39 is 0 Å². The molecule has 1 unspecified atom stereocenters. The van der Waals surface area contributed by atoms with E-state index in [2.05, 4.69) is 34.4 Å². The number of pyridine rings is 1. The molecule has 1 aliphatic rings. The van der Waals surface area contributed by atoms with E-state index in [9.17, 15) is 4.79 Å². The van der Waals surface area contributed by atoms with Gasteiger partial charge < -0.3 is 15.5 Å². The van der Waals surface area contributed by atoms with Gasteiger partial charge in [-0.1, -0.05) is 6.92 Å². The molecule has 0 saturated carbocycles. The Kier molecular flexibility index (Phi) is 5.99. The second kappa shape index (κ2) is 7.98. The molecule has 1 fully saturated rings. The Hall–Kier alpha value is -1.62. The first kappa shape index (κ1) is 15.8. The summed E-state index contributed by atoms with van der Waals surface area (Å²) >= 11 is 0. The molecule has 1 aromatic rings. The number of hydrogen-bond donors (Lipinski definition) is 2. The van der Waals surface area contributed by atoms with Gasteiger partial charge in [0.05, 0.1) is 18.4 Å². The number of rotatable bonds is 6. The van der Waals surface area contributed by atoms with E-state index in [4.69, 9.17) is 0 Å². The number of nitrogens with one attached hydrogen (secondary N) is 2. The third-order valence-corrected chi connectivity index (χ3v) is 3.94. The molecule has 2 heterocycles. The quantitative estimate of drug-likeness (QED) is 0.844. The molecule has 2 N–H and O–H groups in total. The fourth-order valence-corrected chi connectivity index (χ4v) is 2.39. The van der Waals surface area contributed by atoms with Crippen LogP contribution in [0.4, 0.5) is 11.5 Å². The molecule has 0 bridgehead atoms. The summed E-state index contributed by atoms with van der Waals surface area (Å²) in [5.41, 5.74) is 0.756. The van der Waals surface area contributed by atoms with E-state index in [1.54, 1.807) is 6.20 Å². The Balaban J connectivity index is 1.82. The lowest BCUT2D eigenvalue weighted by molar-refractivity contribution is -0.115. The van der Waals surface area contributed by atoms with Crippen molar-refractivity contribution >= 4 is 17.4 Å². The molecule has 1 aromatic heterocycles. The van der Waals surface area contributed by atoms with E-state index in [0.717, 1.165) is 31.0 Å². The lowest BCUT2D eigenvalue weighted by atomic mass is 10.1. The first-order valence-corrected chi connectivity index (χ1v) is 7.93. The van der Waals surface area contributed by atoms with Gasteiger partial charge in [0.25, 0.3) is 0 Å². The van der Waals surface area contributed by atoms with Gasteiger partial charge in [-0.3, -0.25) is 4.79 Å². The van der Waals surface area contributed by atoms with E-state index in [0.29, 0.717) is 12.6 Å². The fraction of sp³-hybridized carbons (Fsp3) is 0.625. The summed E-state index contributed by atoms with van der Waals surface area (Å²) in [7, 11) is 0. The zero-order chi connectivity index (χ0) is 15.1. The topological polar surface area (TPSA) is 57.3 Å². The first-order valence-electron chi connectivity index (χ1n) is 7.93. The van der Waals surface area contributed by atoms with Crippen molar-refractivity contribution in [1.29, 1.82) is 0 Å². The minimum absolute atomic E-state index is 0.0252. The highest BCUT2D eigenvalue weighted by Gasteiger charge is 2.12. The van der Waals surface area contributed by atoms with Gasteiger partial charge in [0, 0.05) is 19.1 Å². The smallest absolute Gasteiger partial charge is 0.238 e. The predicted octanol–water partition coefficient (Wildman–Crippen LogP) is 2.40. The Labute approximate surface area is 127 Å². The number of carbonyl (C=O) groups is 1. The average molecular weight is 290 g/mol. The molecule has 0 spiro atoms. The van der Waals surface area contributed by atoms with Crippen LogP contribution in [-0.4, -0.2) is 36.6 Å². The zero-order valence-corrected chi connectivity index (χ0v) is 13.1. The number of carbonyl (C=O) groups excluding carboxylic acids is 1. The van der Waals surface area contributed by atoms with E-state index in [-0.39, 0.29) is 5.91 Å². The molecule has 0 radical (unpaired) electrons. The van der Waals surface area contributed by atoms with Crippen LogP contribution in [0.5, 0.6) is 0 Å². The molecule has 1 saturated heterocycles. The van der Waals surface area contributed by atoms with Crippen molar-refractivity contribution in [2.45, 2.75) is 45.6 Å².